The van der Waals surface area contributed by atoms with Crippen LogP contribution in [-0.2, 0) is 0 Å². The Balaban J connectivity index is 1.24. The van der Waals surface area contributed by atoms with Crippen LogP contribution in [-0.4, -0.2) is 9.13 Å². The molecule has 9 aromatic rings. The summed E-state index contributed by atoms with van der Waals surface area (Å²) < 4.78 is 4.64. The SMILES string of the molecule is N#Cc1cccc(-n2c3ccccc3c3cc(-c4ccc5c(c4)c4ccccc4n5-c4ccc5ccccc5c4)ccc32)c1. The minimum atomic E-state index is 0.654. The molecule has 44 heavy (non-hydrogen) atoms. The van der Waals surface area contributed by atoms with E-state index in [1.165, 1.54) is 54.5 Å². The number of nitriles is 1. The molecule has 2 heterocycles. The van der Waals surface area contributed by atoms with Crippen LogP contribution in [0.15, 0.2) is 152 Å². The Morgan fingerprint density at radius 2 is 0.932 bits per heavy atom. The molecule has 7 aromatic carbocycles. The van der Waals surface area contributed by atoms with E-state index in [2.05, 4.69) is 149 Å². The fourth-order valence-electron chi connectivity index (χ4n) is 6.89. The van der Waals surface area contributed by atoms with Gasteiger partial charge in [0, 0.05) is 32.9 Å². The van der Waals surface area contributed by atoms with Gasteiger partial charge >= 0.3 is 0 Å². The summed E-state index contributed by atoms with van der Waals surface area (Å²) in [6, 6.07) is 56.2. The van der Waals surface area contributed by atoms with Gasteiger partial charge in [0.15, 0.2) is 0 Å². The molecule has 0 aliphatic rings. The summed E-state index contributed by atoms with van der Waals surface area (Å²) >= 11 is 0. The molecular weight excluding hydrogens is 534 g/mol. The molecule has 0 saturated heterocycles. The predicted molar refractivity (Wildman–Crippen MR) is 183 cm³/mol. The number of fused-ring (bicyclic) bond motifs is 7. The normalized spacial score (nSPS) is 11.6. The van der Waals surface area contributed by atoms with E-state index in [1.54, 1.807) is 0 Å². The average Bonchev–Trinajstić information content (AvgIpc) is 3.60. The molecule has 3 heteroatoms. The largest absolute Gasteiger partial charge is 0.309 e. The van der Waals surface area contributed by atoms with Crippen molar-refractivity contribution >= 4 is 54.4 Å². The average molecular weight is 560 g/mol. The van der Waals surface area contributed by atoms with Crippen molar-refractivity contribution in [3.63, 3.8) is 0 Å². The molecule has 0 atom stereocenters. The van der Waals surface area contributed by atoms with Crippen LogP contribution in [0.3, 0.4) is 0 Å². The molecule has 0 aliphatic carbocycles. The second-order valence-corrected chi connectivity index (χ2v) is 11.4. The van der Waals surface area contributed by atoms with E-state index in [0.29, 0.717) is 5.56 Å². The zero-order chi connectivity index (χ0) is 29.2. The third kappa shape index (κ3) is 3.62. The molecule has 0 aliphatic heterocycles. The van der Waals surface area contributed by atoms with Crippen LogP contribution >= 0.6 is 0 Å². The molecular formula is C41H25N3. The maximum atomic E-state index is 9.54. The van der Waals surface area contributed by atoms with E-state index in [1.807, 2.05) is 18.2 Å². The summed E-state index contributed by atoms with van der Waals surface area (Å²) in [4.78, 5) is 0. The molecule has 2 aromatic heterocycles. The maximum absolute atomic E-state index is 9.54. The first-order valence-corrected chi connectivity index (χ1v) is 14.8. The van der Waals surface area contributed by atoms with Gasteiger partial charge in [0.25, 0.3) is 0 Å². The lowest BCUT2D eigenvalue weighted by atomic mass is 10.0. The van der Waals surface area contributed by atoms with Crippen LogP contribution in [0.1, 0.15) is 5.56 Å². The molecule has 0 N–H and O–H groups in total. The predicted octanol–water partition coefficient (Wildman–Crippen LogP) is 10.6. The molecule has 0 saturated carbocycles. The fourth-order valence-corrected chi connectivity index (χ4v) is 6.89. The second kappa shape index (κ2) is 9.46. The van der Waals surface area contributed by atoms with Gasteiger partial charge in [-0.3, -0.25) is 0 Å². The van der Waals surface area contributed by atoms with Crippen LogP contribution in [0, 0.1) is 11.3 Å². The van der Waals surface area contributed by atoms with Gasteiger partial charge in [-0.1, -0.05) is 84.9 Å². The van der Waals surface area contributed by atoms with Crippen molar-refractivity contribution in [3.8, 4) is 28.6 Å². The Bertz CT molecular complexity index is 2630. The molecule has 0 spiro atoms. The number of hydrogen-bond donors (Lipinski definition) is 0. The summed E-state index contributed by atoms with van der Waals surface area (Å²) in [5.74, 6) is 0. The smallest absolute Gasteiger partial charge is 0.0992 e. The zero-order valence-corrected chi connectivity index (χ0v) is 23.8. The van der Waals surface area contributed by atoms with Crippen LogP contribution in [0.2, 0.25) is 0 Å². The van der Waals surface area contributed by atoms with Crippen molar-refractivity contribution in [3.05, 3.63) is 157 Å². The first-order valence-electron chi connectivity index (χ1n) is 14.8. The Labute approximate surface area is 254 Å². The summed E-state index contributed by atoms with van der Waals surface area (Å²) in [6.07, 6.45) is 0. The van der Waals surface area contributed by atoms with Gasteiger partial charge in [-0.15, -0.1) is 0 Å². The molecule has 0 amide bonds. The summed E-state index contributed by atoms with van der Waals surface area (Å²) in [5, 5.41) is 16.9. The van der Waals surface area contributed by atoms with Crippen LogP contribution in [0.5, 0.6) is 0 Å². The third-order valence-corrected chi connectivity index (χ3v) is 8.90. The Morgan fingerprint density at radius 1 is 0.386 bits per heavy atom. The first kappa shape index (κ1) is 24.5. The first-order chi connectivity index (χ1) is 21.8. The van der Waals surface area contributed by atoms with Crippen LogP contribution in [0.4, 0.5) is 0 Å². The number of para-hydroxylation sites is 2. The standard InChI is InChI=1S/C41H25N3/c42-26-27-8-7-11-32(22-27)43-38-14-5-3-12-34(38)36-24-30(17-20-40(36)43)31-18-21-41-37(25-31)35-13-4-6-15-39(35)44(41)33-19-16-28-9-1-2-10-29(28)23-33/h1-25H. The Kier molecular flexibility index (Phi) is 5.26. The lowest BCUT2D eigenvalue weighted by molar-refractivity contribution is 1.18. The van der Waals surface area contributed by atoms with Gasteiger partial charge in [0.2, 0.25) is 0 Å². The molecule has 0 bridgehead atoms. The molecule has 0 unspecified atom stereocenters. The van der Waals surface area contributed by atoms with Crippen molar-refractivity contribution in [2.75, 3.05) is 0 Å². The van der Waals surface area contributed by atoms with Gasteiger partial charge in [-0.25, -0.2) is 0 Å². The number of hydrogen-bond acceptors (Lipinski definition) is 1. The van der Waals surface area contributed by atoms with E-state index in [4.69, 9.17) is 0 Å². The lowest BCUT2D eigenvalue weighted by Crippen LogP contribution is -1.94. The number of rotatable bonds is 3. The zero-order valence-electron chi connectivity index (χ0n) is 23.8. The number of aromatic nitrogens is 2. The highest BCUT2D eigenvalue weighted by atomic mass is 15.0. The van der Waals surface area contributed by atoms with Crippen molar-refractivity contribution in [1.29, 1.82) is 5.26 Å². The molecule has 204 valence electrons. The lowest BCUT2D eigenvalue weighted by Gasteiger charge is -2.10. The van der Waals surface area contributed by atoms with Gasteiger partial charge in [0.1, 0.15) is 0 Å². The summed E-state index contributed by atoms with van der Waals surface area (Å²) in [6.45, 7) is 0. The highest BCUT2D eigenvalue weighted by Gasteiger charge is 2.16. The maximum Gasteiger partial charge on any atom is 0.0992 e. The Morgan fingerprint density at radius 3 is 1.57 bits per heavy atom. The summed E-state index contributed by atoms with van der Waals surface area (Å²) in [7, 11) is 0. The highest BCUT2D eigenvalue weighted by molar-refractivity contribution is 6.12. The second-order valence-electron chi connectivity index (χ2n) is 11.4. The van der Waals surface area contributed by atoms with Crippen molar-refractivity contribution in [2.45, 2.75) is 0 Å². The van der Waals surface area contributed by atoms with Crippen molar-refractivity contribution < 1.29 is 0 Å². The van der Waals surface area contributed by atoms with E-state index in [9.17, 15) is 5.26 Å². The van der Waals surface area contributed by atoms with Crippen LogP contribution in [0.25, 0.3) is 76.9 Å². The number of nitrogens with zero attached hydrogens (tertiary/aromatic N) is 3. The van der Waals surface area contributed by atoms with Crippen LogP contribution < -0.4 is 0 Å². The molecule has 9 rings (SSSR count). The van der Waals surface area contributed by atoms with E-state index in [0.717, 1.165) is 22.4 Å². The quantitative estimate of drug-likeness (QED) is 0.212. The topological polar surface area (TPSA) is 33.6 Å². The molecule has 0 fully saturated rings. The molecule has 3 nitrogen and oxygen atoms in total. The van der Waals surface area contributed by atoms with E-state index >= 15 is 0 Å². The molecule has 0 radical (unpaired) electrons. The minimum absolute atomic E-state index is 0.654. The number of benzene rings is 7. The minimum Gasteiger partial charge on any atom is -0.309 e. The third-order valence-electron chi connectivity index (χ3n) is 8.90. The summed E-state index contributed by atoms with van der Waals surface area (Å²) in [5.41, 5.74) is 9.82. The van der Waals surface area contributed by atoms with E-state index in [-0.39, 0.29) is 0 Å². The van der Waals surface area contributed by atoms with Crippen molar-refractivity contribution in [1.82, 2.24) is 9.13 Å². The monoisotopic (exact) mass is 559 g/mol. The van der Waals surface area contributed by atoms with Crippen molar-refractivity contribution in [2.24, 2.45) is 0 Å². The highest BCUT2D eigenvalue weighted by Crippen LogP contribution is 2.38. The van der Waals surface area contributed by atoms with Gasteiger partial charge in [0.05, 0.1) is 33.7 Å². The van der Waals surface area contributed by atoms with Gasteiger partial charge in [-0.2, -0.15) is 5.26 Å². The fraction of sp³-hybridized carbons (Fsp3) is 0. The Hall–Kier alpha value is -6.11. The van der Waals surface area contributed by atoms with Gasteiger partial charge in [-0.05, 0) is 88.6 Å². The van der Waals surface area contributed by atoms with E-state index < -0.39 is 0 Å². The van der Waals surface area contributed by atoms with Gasteiger partial charge < -0.3 is 9.13 Å².